The molecule has 5 heteroatoms. The van der Waals surface area contributed by atoms with E-state index < -0.39 is 11.9 Å². The molecule has 0 unspecified atom stereocenters. The number of ether oxygens (including phenoxy) is 1. The van der Waals surface area contributed by atoms with Crippen LogP contribution in [0.4, 0.5) is 0 Å². The van der Waals surface area contributed by atoms with Crippen LogP contribution >= 0.6 is 0 Å². The normalized spacial score (nSPS) is 10.5. The fourth-order valence-electron chi connectivity index (χ4n) is 2.30. The van der Waals surface area contributed by atoms with Crippen LogP contribution < -0.4 is 5.11 Å². The molecule has 0 N–H and O–H groups in total. The largest absolute Gasteiger partial charge is 2.00 e. The number of unbranched alkanes of at least 4 members (excludes halogenated alkanes) is 11. The third-order valence-electron chi connectivity index (χ3n) is 3.60. The van der Waals surface area contributed by atoms with Gasteiger partial charge in [0.05, 0.1) is 12.6 Å². The molecule has 128 valence electrons. The summed E-state index contributed by atoms with van der Waals surface area (Å²) in [4.78, 5) is 21.1. The Morgan fingerprint density at radius 3 is 1.65 bits per heavy atom. The van der Waals surface area contributed by atoms with Crippen LogP contribution in [0.15, 0.2) is 12.2 Å². The van der Waals surface area contributed by atoms with Crippen molar-refractivity contribution >= 4 is 35.0 Å². The minimum absolute atomic E-state index is 0. The van der Waals surface area contributed by atoms with Crippen molar-refractivity contribution in [3.8, 4) is 0 Å². The molecule has 4 nitrogen and oxygen atoms in total. The summed E-state index contributed by atoms with van der Waals surface area (Å²) in [6.07, 6.45) is 16.7. The quantitative estimate of drug-likeness (QED) is 0.199. The van der Waals surface area contributed by atoms with Gasteiger partial charge in [0.25, 0.3) is 0 Å². The third kappa shape index (κ3) is 21.4. The molecular formula is C18H31MgO4+. The van der Waals surface area contributed by atoms with E-state index in [1.807, 2.05) is 0 Å². The van der Waals surface area contributed by atoms with Gasteiger partial charge in [0.15, 0.2) is 0 Å². The molecule has 0 fully saturated rings. The van der Waals surface area contributed by atoms with E-state index in [0.29, 0.717) is 12.7 Å². The Kier molecular flexibility index (Phi) is 20.9. The summed E-state index contributed by atoms with van der Waals surface area (Å²) in [5.41, 5.74) is 0. The Morgan fingerprint density at radius 2 is 1.22 bits per heavy atom. The summed E-state index contributed by atoms with van der Waals surface area (Å²) in [5.74, 6) is -2.01. The van der Waals surface area contributed by atoms with E-state index in [1.165, 1.54) is 64.2 Å². The Labute approximate surface area is 157 Å². The minimum Gasteiger partial charge on any atom is -0.545 e. The number of aliphatic carboxylic acids is 1. The third-order valence-corrected chi connectivity index (χ3v) is 3.60. The van der Waals surface area contributed by atoms with Gasteiger partial charge in [0.1, 0.15) is 0 Å². The number of hydrogen-bond acceptors (Lipinski definition) is 4. The van der Waals surface area contributed by atoms with Crippen LogP contribution in [-0.4, -0.2) is 41.6 Å². The molecule has 0 aromatic rings. The van der Waals surface area contributed by atoms with Gasteiger partial charge in [0, 0.05) is 6.08 Å². The summed E-state index contributed by atoms with van der Waals surface area (Å²) in [6.45, 7) is 2.60. The van der Waals surface area contributed by atoms with Gasteiger partial charge in [-0.25, -0.2) is 4.79 Å². The number of carboxylic acid groups (broad SMARTS) is 1. The summed E-state index contributed by atoms with van der Waals surface area (Å²) >= 11 is 0. The van der Waals surface area contributed by atoms with Crippen LogP contribution in [0.25, 0.3) is 0 Å². The molecule has 0 saturated heterocycles. The summed E-state index contributed by atoms with van der Waals surface area (Å²) in [5, 5.41) is 10.1. The maximum Gasteiger partial charge on any atom is 2.00 e. The molecule has 0 amide bonds. The first-order chi connectivity index (χ1) is 10.7. The van der Waals surface area contributed by atoms with Gasteiger partial charge in [-0.15, -0.1) is 0 Å². The Balaban J connectivity index is 0. The van der Waals surface area contributed by atoms with E-state index in [-0.39, 0.29) is 23.1 Å². The fourth-order valence-corrected chi connectivity index (χ4v) is 2.30. The maximum atomic E-state index is 11.0. The van der Waals surface area contributed by atoms with Crippen molar-refractivity contribution in [2.24, 2.45) is 0 Å². The fraction of sp³-hybridized carbons (Fsp3) is 0.778. The molecule has 0 aliphatic carbocycles. The number of rotatable bonds is 15. The van der Waals surface area contributed by atoms with Crippen LogP contribution in [0.5, 0.6) is 0 Å². The number of esters is 1. The first kappa shape index (κ1) is 24.7. The van der Waals surface area contributed by atoms with Gasteiger partial charge in [-0.3, -0.25) is 0 Å². The number of carboxylic acids is 1. The van der Waals surface area contributed by atoms with Crippen LogP contribution in [0.2, 0.25) is 0 Å². The average molecular weight is 336 g/mol. The van der Waals surface area contributed by atoms with Crippen molar-refractivity contribution in [2.75, 3.05) is 6.61 Å². The van der Waals surface area contributed by atoms with E-state index in [2.05, 4.69) is 6.92 Å². The molecule has 0 atom stereocenters. The zero-order chi connectivity index (χ0) is 16.5. The second kappa shape index (κ2) is 19.5. The van der Waals surface area contributed by atoms with E-state index in [4.69, 9.17) is 4.74 Å². The molecule has 0 spiro atoms. The summed E-state index contributed by atoms with van der Waals surface area (Å²) in [7, 11) is 0. The van der Waals surface area contributed by atoms with Crippen LogP contribution in [0.3, 0.4) is 0 Å². The number of carbonyl (C=O) groups is 2. The van der Waals surface area contributed by atoms with Gasteiger partial charge in [-0.1, -0.05) is 77.6 Å². The molecule has 0 bridgehead atoms. The van der Waals surface area contributed by atoms with Gasteiger partial charge >= 0.3 is 29.0 Å². The smallest absolute Gasteiger partial charge is 0.545 e. The van der Waals surface area contributed by atoms with Crippen molar-refractivity contribution < 1.29 is 19.4 Å². The first-order valence-corrected chi connectivity index (χ1v) is 8.72. The van der Waals surface area contributed by atoms with Crippen molar-refractivity contribution in [3.63, 3.8) is 0 Å². The predicted octanol–water partition coefficient (Wildman–Crippen LogP) is 3.16. The van der Waals surface area contributed by atoms with E-state index >= 15 is 0 Å². The monoisotopic (exact) mass is 335 g/mol. The molecule has 0 aliphatic rings. The van der Waals surface area contributed by atoms with E-state index in [1.54, 1.807) is 0 Å². The molecule has 23 heavy (non-hydrogen) atoms. The molecule has 0 rings (SSSR count). The Hall–Kier alpha value is -0.554. The van der Waals surface area contributed by atoms with Crippen LogP contribution in [0.1, 0.15) is 84.0 Å². The van der Waals surface area contributed by atoms with Crippen LogP contribution in [-0.2, 0) is 14.3 Å². The summed E-state index contributed by atoms with van der Waals surface area (Å²) in [6, 6.07) is 0. The summed E-state index contributed by atoms with van der Waals surface area (Å²) < 4.78 is 4.87. The SMILES string of the molecule is CCCCCCCCCCCCCCOC(=O)/C=C/C(=O)[O-].[Mg+2]. The van der Waals surface area contributed by atoms with Crippen molar-refractivity contribution in [1.29, 1.82) is 0 Å². The topological polar surface area (TPSA) is 66.4 Å². The predicted molar refractivity (Wildman–Crippen MR) is 91.9 cm³/mol. The minimum atomic E-state index is -1.39. The first-order valence-electron chi connectivity index (χ1n) is 8.72. The van der Waals surface area contributed by atoms with Gasteiger partial charge in [-0.2, -0.15) is 0 Å². The molecule has 0 radical (unpaired) electrons. The standard InChI is InChI=1S/C18H32O4.Mg/c1-2-3-4-5-6-7-8-9-10-11-12-13-16-22-18(21)15-14-17(19)20;/h14-15H,2-13,16H2,1H3,(H,19,20);/q;+2/p-1/b15-14+;. The molecular weight excluding hydrogens is 304 g/mol. The van der Waals surface area contributed by atoms with Crippen molar-refractivity contribution in [1.82, 2.24) is 0 Å². The van der Waals surface area contributed by atoms with E-state index in [0.717, 1.165) is 18.9 Å². The second-order valence-electron chi connectivity index (χ2n) is 5.71. The average Bonchev–Trinajstić information content (AvgIpc) is 2.49. The molecule has 0 saturated carbocycles. The zero-order valence-electron chi connectivity index (χ0n) is 14.7. The van der Waals surface area contributed by atoms with Crippen molar-refractivity contribution in [2.45, 2.75) is 84.0 Å². The number of carbonyl (C=O) groups excluding carboxylic acids is 2. The molecule has 0 aliphatic heterocycles. The Bertz CT molecular complexity index is 316. The van der Waals surface area contributed by atoms with E-state index in [9.17, 15) is 14.7 Å². The Morgan fingerprint density at radius 1 is 0.783 bits per heavy atom. The number of hydrogen-bond donors (Lipinski definition) is 0. The van der Waals surface area contributed by atoms with Gasteiger partial charge < -0.3 is 14.6 Å². The van der Waals surface area contributed by atoms with Gasteiger partial charge in [0.2, 0.25) is 0 Å². The maximum absolute atomic E-state index is 11.0. The molecule has 0 aromatic carbocycles. The van der Waals surface area contributed by atoms with Crippen molar-refractivity contribution in [3.05, 3.63) is 12.2 Å². The molecule has 0 heterocycles. The second-order valence-corrected chi connectivity index (χ2v) is 5.71. The zero-order valence-corrected chi connectivity index (χ0v) is 16.1. The molecule has 0 aromatic heterocycles. The van der Waals surface area contributed by atoms with Gasteiger partial charge in [-0.05, 0) is 12.5 Å². The van der Waals surface area contributed by atoms with Crippen LogP contribution in [0, 0.1) is 0 Å².